The molecular weight excluding hydrogens is 362 g/mol. The van der Waals surface area contributed by atoms with Gasteiger partial charge in [-0.1, -0.05) is 0 Å². The van der Waals surface area contributed by atoms with Crippen LogP contribution in [0.4, 0.5) is 5.69 Å². The molecule has 1 atom stereocenters. The number of nitrogens with one attached hydrogen (secondary N) is 1. The number of likely N-dealkylation sites (tertiary alicyclic amines) is 1. The number of nitrogen functional groups attached to an aromatic ring is 1. The highest BCUT2D eigenvalue weighted by Crippen LogP contribution is 2.23. The highest BCUT2D eigenvalue weighted by atomic mass is 79.9. The zero-order valence-electron chi connectivity index (χ0n) is 11.2. The second kappa shape index (κ2) is 5.74. The van der Waals surface area contributed by atoms with Gasteiger partial charge in [-0.25, -0.2) is 8.42 Å². The van der Waals surface area contributed by atoms with Crippen LogP contribution in [0.25, 0.3) is 0 Å². The maximum absolute atomic E-state index is 12.3. The number of piperidine rings is 1. The van der Waals surface area contributed by atoms with Crippen LogP contribution >= 0.6 is 15.9 Å². The van der Waals surface area contributed by atoms with E-state index in [1.54, 1.807) is 0 Å². The van der Waals surface area contributed by atoms with E-state index >= 15 is 0 Å². The maximum atomic E-state index is 12.3. The summed E-state index contributed by atoms with van der Waals surface area (Å²) < 4.78 is 27.3. The van der Waals surface area contributed by atoms with Gasteiger partial charge in [0.2, 0.25) is 21.8 Å². The van der Waals surface area contributed by atoms with Crippen LogP contribution in [0.3, 0.4) is 0 Å². The SMILES string of the molecule is CN1C(=O)CCC(NS(=O)(=O)c2ccc(N)c(Br)c2)C1=O. The molecule has 0 radical (unpaired) electrons. The minimum atomic E-state index is -3.87. The van der Waals surface area contributed by atoms with Crippen LogP contribution < -0.4 is 10.5 Å². The average Bonchev–Trinajstić information content (AvgIpc) is 2.42. The van der Waals surface area contributed by atoms with E-state index in [0.29, 0.717) is 10.2 Å². The number of rotatable bonds is 3. The first-order valence-corrected chi connectivity index (χ1v) is 8.38. The van der Waals surface area contributed by atoms with Gasteiger partial charge in [0.05, 0.1) is 4.90 Å². The summed E-state index contributed by atoms with van der Waals surface area (Å²) in [5.74, 6) is -0.866. The molecule has 2 amide bonds. The first-order valence-electron chi connectivity index (χ1n) is 6.10. The summed E-state index contributed by atoms with van der Waals surface area (Å²) in [6, 6.07) is 3.23. The fraction of sp³-hybridized carbons (Fsp3) is 0.333. The lowest BCUT2D eigenvalue weighted by Crippen LogP contribution is -2.52. The van der Waals surface area contributed by atoms with E-state index in [9.17, 15) is 18.0 Å². The van der Waals surface area contributed by atoms with E-state index in [1.165, 1.54) is 25.2 Å². The molecule has 0 aliphatic carbocycles. The van der Waals surface area contributed by atoms with Crippen molar-refractivity contribution in [3.8, 4) is 0 Å². The van der Waals surface area contributed by atoms with Crippen LogP contribution in [-0.2, 0) is 19.6 Å². The summed E-state index contributed by atoms with van der Waals surface area (Å²) in [7, 11) is -2.53. The molecule has 21 heavy (non-hydrogen) atoms. The number of likely N-dealkylation sites (N-methyl/N-ethyl adjacent to an activating group) is 1. The number of hydrogen-bond donors (Lipinski definition) is 2. The Morgan fingerprint density at radius 3 is 2.67 bits per heavy atom. The molecule has 0 saturated carbocycles. The van der Waals surface area contributed by atoms with Gasteiger partial charge in [0, 0.05) is 23.6 Å². The standard InChI is InChI=1S/C12H14BrN3O4S/c1-16-11(17)5-4-10(12(16)18)15-21(19,20)7-2-3-9(14)8(13)6-7/h2-3,6,10,15H,4-5,14H2,1H3. The minimum Gasteiger partial charge on any atom is -0.398 e. The van der Waals surface area contributed by atoms with Crippen LogP contribution in [0.15, 0.2) is 27.6 Å². The lowest BCUT2D eigenvalue weighted by Gasteiger charge is -2.28. The molecule has 7 nitrogen and oxygen atoms in total. The normalized spacial score (nSPS) is 19.9. The molecule has 1 fully saturated rings. The number of amides is 2. The molecule has 114 valence electrons. The Bertz CT molecular complexity index is 704. The van der Waals surface area contributed by atoms with Crippen LogP contribution in [0, 0.1) is 0 Å². The van der Waals surface area contributed by atoms with Gasteiger partial charge in [-0.3, -0.25) is 14.5 Å². The number of sulfonamides is 1. The lowest BCUT2D eigenvalue weighted by molar-refractivity contribution is -0.147. The smallest absolute Gasteiger partial charge is 0.247 e. The zero-order valence-corrected chi connectivity index (χ0v) is 13.6. The van der Waals surface area contributed by atoms with Crippen molar-refractivity contribution in [1.82, 2.24) is 9.62 Å². The Labute approximate surface area is 130 Å². The van der Waals surface area contributed by atoms with Crippen molar-refractivity contribution in [2.24, 2.45) is 0 Å². The quantitative estimate of drug-likeness (QED) is 0.588. The van der Waals surface area contributed by atoms with Crippen molar-refractivity contribution < 1.29 is 18.0 Å². The fourth-order valence-electron chi connectivity index (χ4n) is 1.96. The second-order valence-electron chi connectivity index (χ2n) is 4.69. The molecule has 1 saturated heterocycles. The molecule has 0 spiro atoms. The molecule has 1 aliphatic heterocycles. The molecule has 1 aromatic rings. The maximum Gasteiger partial charge on any atom is 0.247 e. The summed E-state index contributed by atoms with van der Waals surface area (Å²) in [5.41, 5.74) is 6.02. The Hall–Kier alpha value is -1.45. The molecule has 1 aliphatic rings. The van der Waals surface area contributed by atoms with Crippen molar-refractivity contribution in [3.05, 3.63) is 22.7 Å². The van der Waals surface area contributed by atoms with Gasteiger partial charge in [-0.15, -0.1) is 0 Å². The number of hydrogen-bond acceptors (Lipinski definition) is 5. The molecule has 1 aromatic carbocycles. The van der Waals surface area contributed by atoms with Crippen molar-refractivity contribution in [2.45, 2.75) is 23.8 Å². The summed E-state index contributed by atoms with van der Waals surface area (Å²) in [4.78, 5) is 24.2. The highest BCUT2D eigenvalue weighted by molar-refractivity contribution is 9.10. The number of halogens is 1. The van der Waals surface area contributed by atoms with Crippen molar-refractivity contribution in [3.63, 3.8) is 0 Å². The van der Waals surface area contributed by atoms with E-state index < -0.39 is 22.0 Å². The van der Waals surface area contributed by atoms with E-state index in [-0.39, 0.29) is 23.6 Å². The molecular formula is C12H14BrN3O4S. The van der Waals surface area contributed by atoms with Crippen LogP contribution in [0.5, 0.6) is 0 Å². The monoisotopic (exact) mass is 375 g/mol. The molecule has 1 unspecified atom stereocenters. The third-order valence-electron chi connectivity index (χ3n) is 3.23. The van der Waals surface area contributed by atoms with E-state index in [2.05, 4.69) is 20.7 Å². The number of nitrogens with zero attached hydrogens (tertiary/aromatic N) is 1. The van der Waals surface area contributed by atoms with Gasteiger partial charge in [0.25, 0.3) is 0 Å². The summed E-state index contributed by atoms with van der Waals surface area (Å²) in [5, 5.41) is 0. The largest absolute Gasteiger partial charge is 0.398 e. The molecule has 0 bridgehead atoms. The second-order valence-corrected chi connectivity index (χ2v) is 7.26. The van der Waals surface area contributed by atoms with Crippen molar-refractivity contribution in [2.75, 3.05) is 12.8 Å². The number of imide groups is 1. The first-order chi connectivity index (χ1) is 9.72. The molecule has 2 rings (SSSR count). The number of carbonyl (C=O) groups is 2. The predicted octanol–water partition coefficient (Wildman–Crippen LogP) is 0.457. The fourth-order valence-corrected chi connectivity index (χ4v) is 3.74. The van der Waals surface area contributed by atoms with Crippen LogP contribution in [-0.4, -0.2) is 38.2 Å². The number of nitrogens with two attached hydrogens (primary N) is 1. The van der Waals surface area contributed by atoms with E-state index in [1.807, 2.05) is 0 Å². The number of carbonyl (C=O) groups excluding carboxylic acids is 2. The topological polar surface area (TPSA) is 110 Å². The van der Waals surface area contributed by atoms with Gasteiger partial charge in [0.1, 0.15) is 6.04 Å². The Balaban J connectivity index is 2.23. The van der Waals surface area contributed by atoms with E-state index in [0.717, 1.165) is 4.90 Å². The van der Waals surface area contributed by atoms with Crippen molar-refractivity contribution in [1.29, 1.82) is 0 Å². The number of anilines is 1. The molecule has 9 heteroatoms. The zero-order chi connectivity index (χ0) is 15.8. The van der Waals surface area contributed by atoms with Gasteiger partial charge < -0.3 is 5.73 Å². The Kier molecular flexibility index (Phi) is 4.35. The minimum absolute atomic E-state index is 0.00377. The van der Waals surface area contributed by atoms with Gasteiger partial charge in [-0.05, 0) is 40.5 Å². The lowest BCUT2D eigenvalue weighted by atomic mass is 10.1. The third kappa shape index (κ3) is 3.25. The number of benzene rings is 1. The van der Waals surface area contributed by atoms with Crippen LogP contribution in [0.2, 0.25) is 0 Å². The Morgan fingerprint density at radius 2 is 2.05 bits per heavy atom. The van der Waals surface area contributed by atoms with Gasteiger partial charge >= 0.3 is 0 Å². The predicted molar refractivity (Wildman–Crippen MR) is 79.7 cm³/mol. The molecule has 1 heterocycles. The summed E-state index contributed by atoms with van der Waals surface area (Å²) >= 11 is 3.16. The first kappa shape index (κ1) is 15.9. The summed E-state index contributed by atoms with van der Waals surface area (Å²) in [6.45, 7) is 0. The summed E-state index contributed by atoms with van der Waals surface area (Å²) in [6.07, 6.45) is 0.276. The Morgan fingerprint density at radius 1 is 1.38 bits per heavy atom. The van der Waals surface area contributed by atoms with Gasteiger partial charge in [0.15, 0.2) is 0 Å². The molecule has 0 aromatic heterocycles. The van der Waals surface area contributed by atoms with Crippen molar-refractivity contribution >= 4 is 43.5 Å². The van der Waals surface area contributed by atoms with Crippen LogP contribution in [0.1, 0.15) is 12.8 Å². The van der Waals surface area contributed by atoms with Gasteiger partial charge in [-0.2, -0.15) is 4.72 Å². The average molecular weight is 376 g/mol. The molecule has 3 N–H and O–H groups in total. The van der Waals surface area contributed by atoms with E-state index in [4.69, 9.17) is 5.73 Å². The highest BCUT2D eigenvalue weighted by Gasteiger charge is 2.34. The third-order valence-corrected chi connectivity index (χ3v) is 5.39.